The van der Waals surface area contributed by atoms with E-state index >= 15 is 0 Å². The number of carbonyl (C=O) groups is 1. The molecule has 20 heavy (non-hydrogen) atoms. The first-order chi connectivity index (χ1) is 9.56. The van der Waals surface area contributed by atoms with Crippen LogP contribution in [0.5, 0.6) is 5.88 Å². The second kappa shape index (κ2) is 6.05. The Morgan fingerprint density at radius 2 is 2.35 bits per heavy atom. The summed E-state index contributed by atoms with van der Waals surface area (Å²) in [5.74, 6) is 0.515. The number of nitrogens with two attached hydrogens (primary N) is 1. The van der Waals surface area contributed by atoms with Crippen LogP contribution in [0.15, 0.2) is 24.4 Å². The van der Waals surface area contributed by atoms with Gasteiger partial charge in [0.1, 0.15) is 11.5 Å². The molecule has 7 heteroatoms. The SMILES string of the molecule is CC(C)Oc1ncccc1CNC(=O)c1cc(N)n[nH]1. The Morgan fingerprint density at radius 1 is 1.55 bits per heavy atom. The molecule has 0 bridgehead atoms. The maximum atomic E-state index is 11.9. The number of nitrogen functional groups attached to an aromatic ring is 1. The fourth-order valence-electron chi connectivity index (χ4n) is 1.61. The first kappa shape index (κ1) is 13.9. The monoisotopic (exact) mass is 275 g/mol. The first-order valence-corrected chi connectivity index (χ1v) is 6.26. The van der Waals surface area contributed by atoms with E-state index in [9.17, 15) is 4.79 Å². The lowest BCUT2D eigenvalue weighted by atomic mass is 10.2. The van der Waals surface area contributed by atoms with Gasteiger partial charge in [0.25, 0.3) is 5.91 Å². The number of anilines is 1. The molecule has 0 aliphatic heterocycles. The van der Waals surface area contributed by atoms with Crippen molar-refractivity contribution in [3.8, 4) is 5.88 Å². The Hall–Kier alpha value is -2.57. The Morgan fingerprint density at radius 3 is 3.00 bits per heavy atom. The van der Waals surface area contributed by atoms with Crippen LogP contribution >= 0.6 is 0 Å². The smallest absolute Gasteiger partial charge is 0.269 e. The molecule has 2 aromatic heterocycles. The maximum Gasteiger partial charge on any atom is 0.269 e. The van der Waals surface area contributed by atoms with Gasteiger partial charge in [-0.3, -0.25) is 9.89 Å². The number of hydrogen-bond donors (Lipinski definition) is 3. The molecule has 2 heterocycles. The van der Waals surface area contributed by atoms with Crippen molar-refractivity contribution in [1.82, 2.24) is 20.5 Å². The predicted molar refractivity (Wildman–Crippen MR) is 74.2 cm³/mol. The Labute approximate surface area is 116 Å². The fraction of sp³-hybridized carbons (Fsp3) is 0.308. The quantitative estimate of drug-likeness (QED) is 0.757. The number of ether oxygens (including phenoxy) is 1. The number of aromatic nitrogens is 3. The summed E-state index contributed by atoms with van der Waals surface area (Å²) in [6.07, 6.45) is 1.67. The molecule has 0 aliphatic rings. The minimum atomic E-state index is -0.284. The third-order valence-corrected chi connectivity index (χ3v) is 2.48. The molecular formula is C13H17N5O2. The average Bonchev–Trinajstić information content (AvgIpc) is 2.83. The van der Waals surface area contributed by atoms with E-state index in [0.717, 1.165) is 5.56 Å². The van der Waals surface area contributed by atoms with Crippen molar-refractivity contribution in [2.45, 2.75) is 26.5 Å². The van der Waals surface area contributed by atoms with Gasteiger partial charge >= 0.3 is 0 Å². The molecule has 0 aliphatic carbocycles. The number of rotatable bonds is 5. The Balaban J connectivity index is 2.02. The zero-order valence-corrected chi connectivity index (χ0v) is 11.4. The van der Waals surface area contributed by atoms with E-state index in [1.165, 1.54) is 6.07 Å². The van der Waals surface area contributed by atoms with E-state index in [1.807, 2.05) is 19.9 Å². The molecule has 7 nitrogen and oxygen atoms in total. The number of nitrogens with zero attached hydrogens (tertiary/aromatic N) is 2. The molecule has 106 valence electrons. The summed E-state index contributed by atoms with van der Waals surface area (Å²) in [4.78, 5) is 16.0. The third-order valence-electron chi connectivity index (χ3n) is 2.48. The third kappa shape index (κ3) is 3.47. The van der Waals surface area contributed by atoms with Crippen LogP contribution in [0, 0.1) is 0 Å². The van der Waals surface area contributed by atoms with Crippen LogP contribution in [0.1, 0.15) is 29.9 Å². The van der Waals surface area contributed by atoms with Gasteiger partial charge in [0.15, 0.2) is 0 Å². The minimum Gasteiger partial charge on any atom is -0.475 e. The zero-order chi connectivity index (χ0) is 14.5. The van der Waals surface area contributed by atoms with Crippen molar-refractivity contribution in [1.29, 1.82) is 0 Å². The lowest BCUT2D eigenvalue weighted by Crippen LogP contribution is -2.24. The van der Waals surface area contributed by atoms with Crippen molar-refractivity contribution in [2.75, 3.05) is 5.73 Å². The number of carbonyl (C=O) groups excluding carboxylic acids is 1. The molecule has 0 radical (unpaired) electrons. The highest BCUT2D eigenvalue weighted by atomic mass is 16.5. The Kier molecular flexibility index (Phi) is 4.19. The number of nitrogens with one attached hydrogen (secondary N) is 2. The Bertz CT molecular complexity index is 594. The molecule has 0 aromatic carbocycles. The number of aromatic amines is 1. The van der Waals surface area contributed by atoms with Crippen molar-refractivity contribution in [3.63, 3.8) is 0 Å². The molecule has 0 atom stereocenters. The average molecular weight is 275 g/mol. The molecule has 0 saturated heterocycles. The van der Waals surface area contributed by atoms with E-state index in [-0.39, 0.29) is 17.8 Å². The van der Waals surface area contributed by atoms with Gasteiger partial charge in [-0.2, -0.15) is 5.10 Å². The van der Waals surface area contributed by atoms with Crippen LogP contribution in [0.4, 0.5) is 5.82 Å². The van der Waals surface area contributed by atoms with Crippen LogP contribution in [-0.4, -0.2) is 27.2 Å². The van der Waals surface area contributed by atoms with Crippen LogP contribution in [0.25, 0.3) is 0 Å². The highest BCUT2D eigenvalue weighted by molar-refractivity contribution is 5.92. The van der Waals surface area contributed by atoms with Crippen LogP contribution in [-0.2, 0) is 6.54 Å². The number of pyridine rings is 1. The summed E-state index contributed by atoms with van der Waals surface area (Å²) in [6.45, 7) is 4.16. The largest absolute Gasteiger partial charge is 0.475 e. The summed E-state index contributed by atoms with van der Waals surface area (Å²) in [6, 6.07) is 5.12. The van der Waals surface area contributed by atoms with E-state index in [2.05, 4.69) is 20.5 Å². The maximum absolute atomic E-state index is 11.9. The lowest BCUT2D eigenvalue weighted by molar-refractivity contribution is 0.0945. The molecule has 0 saturated carbocycles. The highest BCUT2D eigenvalue weighted by Crippen LogP contribution is 2.15. The second-order valence-electron chi connectivity index (χ2n) is 4.52. The molecule has 0 spiro atoms. The summed E-state index contributed by atoms with van der Waals surface area (Å²) in [7, 11) is 0. The topological polar surface area (TPSA) is 106 Å². The van der Waals surface area contributed by atoms with E-state index in [1.54, 1.807) is 12.3 Å². The van der Waals surface area contributed by atoms with Gasteiger partial charge in [-0.15, -0.1) is 0 Å². The summed E-state index contributed by atoms with van der Waals surface area (Å²) in [5, 5.41) is 9.02. The molecule has 4 N–H and O–H groups in total. The van der Waals surface area contributed by atoms with Crippen molar-refractivity contribution in [3.05, 3.63) is 35.7 Å². The van der Waals surface area contributed by atoms with E-state index in [4.69, 9.17) is 10.5 Å². The summed E-state index contributed by atoms with van der Waals surface area (Å²) in [5.41, 5.74) is 6.58. The normalized spacial score (nSPS) is 10.6. The van der Waals surface area contributed by atoms with Crippen molar-refractivity contribution < 1.29 is 9.53 Å². The summed E-state index contributed by atoms with van der Waals surface area (Å²) >= 11 is 0. The molecule has 0 unspecified atom stereocenters. The van der Waals surface area contributed by atoms with Gasteiger partial charge in [-0.25, -0.2) is 4.98 Å². The molecule has 1 amide bonds. The second-order valence-corrected chi connectivity index (χ2v) is 4.52. The van der Waals surface area contributed by atoms with Crippen molar-refractivity contribution >= 4 is 11.7 Å². The first-order valence-electron chi connectivity index (χ1n) is 6.26. The number of hydrogen-bond acceptors (Lipinski definition) is 5. The van der Waals surface area contributed by atoms with Crippen LogP contribution < -0.4 is 15.8 Å². The fourth-order valence-corrected chi connectivity index (χ4v) is 1.61. The minimum absolute atomic E-state index is 0.0201. The van der Waals surface area contributed by atoms with Crippen LogP contribution in [0.2, 0.25) is 0 Å². The van der Waals surface area contributed by atoms with E-state index < -0.39 is 0 Å². The zero-order valence-electron chi connectivity index (χ0n) is 11.4. The lowest BCUT2D eigenvalue weighted by Gasteiger charge is -2.13. The predicted octanol–water partition coefficient (Wildman–Crippen LogP) is 1.10. The van der Waals surface area contributed by atoms with Gasteiger partial charge in [0.2, 0.25) is 5.88 Å². The number of H-pyrrole nitrogens is 1. The molecular weight excluding hydrogens is 258 g/mol. The van der Waals surface area contributed by atoms with Gasteiger partial charge in [-0.1, -0.05) is 6.07 Å². The van der Waals surface area contributed by atoms with Gasteiger partial charge in [-0.05, 0) is 19.9 Å². The summed E-state index contributed by atoms with van der Waals surface area (Å²) < 4.78 is 5.58. The number of amides is 1. The van der Waals surface area contributed by atoms with Crippen molar-refractivity contribution in [2.24, 2.45) is 0 Å². The van der Waals surface area contributed by atoms with Gasteiger partial charge in [0, 0.05) is 24.4 Å². The van der Waals surface area contributed by atoms with E-state index in [0.29, 0.717) is 18.1 Å². The highest BCUT2D eigenvalue weighted by Gasteiger charge is 2.11. The van der Waals surface area contributed by atoms with Gasteiger partial charge < -0.3 is 15.8 Å². The molecule has 2 rings (SSSR count). The molecule has 2 aromatic rings. The van der Waals surface area contributed by atoms with Crippen LogP contribution in [0.3, 0.4) is 0 Å². The van der Waals surface area contributed by atoms with Gasteiger partial charge in [0.05, 0.1) is 6.10 Å². The molecule has 0 fully saturated rings. The standard InChI is InChI=1S/C13H17N5O2/c1-8(2)20-13-9(4-3-5-15-13)7-16-12(19)10-6-11(14)18-17-10/h3-6,8H,7H2,1-2H3,(H,16,19)(H3,14,17,18).